The molecule has 0 fully saturated rings. The fourth-order valence-electron chi connectivity index (χ4n) is 3.47. The van der Waals surface area contributed by atoms with Gasteiger partial charge in [0.2, 0.25) is 0 Å². The molecule has 1 N–H and O–H groups in total. The Bertz CT molecular complexity index is 903. The zero-order valence-corrected chi connectivity index (χ0v) is 15.5. The molecule has 0 aliphatic carbocycles. The zero-order valence-electron chi connectivity index (χ0n) is 14.7. The number of nitrogens with zero attached hydrogens (tertiary/aromatic N) is 4. The Labute approximate surface area is 155 Å². The third kappa shape index (κ3) is 3.30. The fourth-order valence-corrected chi connectivity index (χ4v) is 4.31. The Morgan fingerprint density at radius 3 is 2.81 bits per heavy atom. The van der Waals surface area contributed by atoms with Gasteiger partial charge in [-0.1, -0.05) is 0 Å². The summed E-state index contributed by atoms with van der Waals surface area (Å²) in [4.78, 5) is 7.05. The maximum Gasteiger partial charge on any atom is 0.123 e. The summed E-state index contributed by atoms with van der Waals surface area (Å²) in [7, 11) is 0. The van der Waals surface area contributed by atoms with E-state index >= 15 is 0 Å². The van der Waals surface area contributed by atoms with Crippen LogP contribution in [0.25, 0.3) is 11.3 Å². The summed E-state index contributed by atoms with van der Waals surface area (Å²) in [6, 6.07) is 6.44. The van der Waals surface area contributed by atoms with Gasteiger partial charge >= 0.3 is 0 Å². The second kappa shape index (κ2) is 7.26. The zero-order chi connectivity index (χ0) is 18.1. The van der Waals surface area contributed by atoms with Crippen molar-refractivity contribution in [1.29, 1.82) is 0 Å². The van der Waals surface area contributed by atoms with E-state index in [4.69, 9.17) is 4.98 Å². The molecule has 5 nitrogen and oxygen atoms in total. The molecule has 0 atom stereocenters. The topological polar surface area (TPSA) is 54.2 Å². The number of benzene rings is 1. The first kappa shape index (κ1) is 17.3. The van der Waals surface area contributed by atoms with Gasteiger partial charge in [-0.15, -0.1) is 11.3 Å². The maximum absolute atomic E-state index is 13.1. The van der Waals surface area contributed by atoms with E-state index in [1.807, 2.05) is 10.1 Å². The highest BCUT2D eigenvalue weighted by Crippen LogP contribution is 2.27. The molecule has 3 heterocycles. The lowest BCUT2D eigenvalue weighted by Crippen LogP contribution is -2.31. The Kier molecular flexibility index (Phi) is 4.84. The molecule has 136 valence electrons. The average molecular weight is 372 g/mol. The van der Waals surface area contributed by atoms with E-state index in [0.29, 0.717) is 0 Å². The van der Waals surface area contributed by atoms with Crippen molar-refractivity contribution in [3.05, 3.63) is 57.4 Å². The normalized spacial score (nSPS) is 14.6. The van der Waals surface area contributed by atoms with Crippen molar-refractivity contribution in [3.63, 3.8) is 0 Å². The second-order valence-corrected chi connectivity index (χ2v) is 7.38. The molecule has 1 aliphatic rings. The van der Waals surface area contributed by atoms with Gasteiger partial charge in [-0.3, -0.25) is 9.58 Å². The summed E-state index contributed by atoms with van der Waals surface area (Å²) in [6.45, 7) is 5.40. The van der Waals surface area contributed by atoms with Crippen molar-refractivity contribution in [2.45, 2.75) is 39.6 Å². The van der Waals surface area contributed by atoms with E-state index in [-0.39, 0.29) is 12.4 Å². The van der Waals surface area contributed by atoms with E-state index in [1.54, 1.807) is 23.5 Å². The van der Waals surface area contributed by atoms with Crippen LogP contribution < -0.4 is 0 Å². The summed E-state index contributed by atoms with van der Waals surface area (Å²) in [6.07, 6.45) is 0.937. The Morgan fingerprint density at radius 2 is 2.08 bits per heavy atom. The van der Waals surface area contributed by atoms with Crippen molar-refractivity contribution in [3.8, 4) is 11.3 Å². The number of aryl methyl sites for hydroxylation is 1. The molecule has 26 heavy (non-hydrogen) atoms. The predicted octanol–water partition coefficient (Wildman–Crippen LogP) is 3.22. The van der Waals surface area contributed by atoms with E-state index in [0.717, 1.165) is 60.1 Å². The molecule has 3 aromatic rings. The molecule has 0 saturated heterocycles. The number of aliphatic hydroxyl groups is 1. The summed E-state index contributed by atoms with van der Waals surface area (Å²) in [5.74, 6) is -0.236. The number of fused-ring (bicyclic) bond motifs is 1. The van der Waals surface area contributed by atoms with Crippen molar-refractivity contribution in [2.75, 3.05) is 6.54 Å². The van der Waals surface area contributed by atoms with Crippen molar-refractivity contribution in [2.24, 2.45) is 0 Å². The average Bonchev–Trinajstić information content (AvgIpc) is 3.26. The van der Waals surface area contributed by atoms with Gasteiger partial charge in [-0.2, -0.15) is 5.10 Å². The third-order valence-electron chi connectivity index (χ3n) is 4.80. The van der Waals surface area contributed by atoms with Gasteiger partial charge in [-0.05, 0) is 31.2 Å². The molecule has 7 heteroatoms. The van der Waals surface area contributed by atoms with Gasteiger partial charge in [0.15, 0.2) is 0 Å². The molecule has 4 rings (SSSR count). The van der Waals surface area contributed by atoms with Crippen LogP contribution in [-0.2, 0) is 32.7 Å². The molecule has 0 spiro atoms. The summed E-state index contributed by atoms with van der Waals surface area (Å²) in [5.41, 5.74) is 5.02. The monoisotopic (exact) mass is 372 g/mol. The first-order chi connectivity index (χ1) is 12.7. The van der Waals surface area contributed by atoms with Gasteiger partial charge < -0.3 is 5.11 Å². The lowest BCUT2D eigenvalue weighted by molar-refractivity contribution is 0.236. The van der Waals surface area contributed by atoms with Gasteiger partial charge in [0, 0.05) is 48.3 Å². The summed E-state index contributed by atoms with van der Waals surface area (Å²) in [5, 5.41) is 17.2. The Morgan fingerprint density at radius 1 is 1.27 bits per heavy atom. The Balaban J connectivity index is 1.49. The molecule has 0 radical (unpaired) electrons. The van der Waals surface area contributed by atoms with Gasteiger partial charge in [0.05, 0.1) is 24.5 Å². The predicted molar refractivity (Wildman–Crippen MR) is 99.1 cm³/mol. The number of thiazole rings is 1. The highest BCUT2D eigenvalue weighted by atomic mass is 32.1. The van der Waals surface area contributed by atoms with Gasteiger partial charge in [0.1, 0.15) is 10.8 Å². The fraction of sp³-hybridized carbons (Fsp3) is 0.368. The molecular weight excluding hydrogens is 351 g/mol. The quantitative estimate of drug-likeness (QED) is 0.747. The molecular formula is C19H21FN4OS. The third-order valence-corrected chi connectivity index (χ3v) is 5.63. The van der Waals surface area contributed by atoms with Crippen molar-refractivity contribution in [1.82, 2.24) is 19.7 Å². The standard InChI is InChI=1S/C19H21FN4OS/c1-2-24-18-7-8-23(9-15(18)16(11-25)22-24)10-19-21-17(12-26-19)13-3-5-14(20)6-4-13/h3-6,12,25H,2,7-11H2,1H3. The van der Waals surface area contributed by atoms with E-state index in [9.17, 15) is 9.50 Å². The molecule has 0 amide bonds. The van der Waals surface area contributed by atoms with E-state index < -0.39 is 0 Å². The van der Waals surface area contributed by atoms with Crippen LogP contribution in [0.2, 0.25) is 0 Å². The number of hydrogen-bond acceptors (Lipinski definition) is 5. The lowest BCUT2D eigenvalue weighted by atomic mass is 10.1. The minimum atomic E-state index is -0.236. The lowest BCUT2D eigenvalue weighted by Gasteiger charge is -2.26. The first-order valence-corrected chi connectivity index (χ1v) is 9.67. The van der Waals surface area contributed by atoms with Gasteiger partial charge in [0.25, 0.3) is 0 Å². The van der Waals surface area contributed by atoms with Crippen LogP contribution in [0.4, 0.5) is 4.39 Å². The molecule has 0 saturated carbocycles. The Hall–Kier alpha value is -2.09. The van der Waals surface area contributed by atoms with Crippen LogP contribution in [0.5, 0.6) is 0 Å². The van der Waals surface area contributed by atoms with Gasteiger partial charge in [-0.25, -0.2) is 9.37 Å². The minimum absolute atomic E-state index is 0.0187. The van der Waals surface area contributed by atoms with E-state index in [2.05, 4.69) is 16.9 Å². The minimum Gasteiger partial charge on any atom is -0.390 e. The summed E-state index contributed by atoms with van der Waals surface area (Å²) < 4.78 is 15.1. The molecule has 0 unspecified atom stereocenters. The van der Waals surface area contributed by atoms with Crippen molar-refractivity contribution < 1.29 is 9.50 Å². The van der Waals surface area contributed by atoms with Crippen molar-refractivity contribution >= 4 is 11.3 Å². The largest absolute Gasteiger partial charge is 0.390 e. The first-order valence-electron chi connectivity index (χ1n) is 8.79. The van der Waals surface area contributed by atoms with Crippen LogP contribution in [0, 0.1) is 5.82 Å². The number of hydrogen-bond donors (Lipinski definition) is 1. The van der Waals surface area contributed by atoms with E-state index in [1.165, 1.54) is 17.8 Å². The molecule has 0 bridgehead atoms. The number of halogens is 1. The molecule has 1 aliphatic heterocycles. The highest BCUT2D eigenvalue weighted by Gasteiger charge is 2.24. The van der Waals surface area contributed by atoms with Crippen LogP contribution in [0.3, 0.4) is 0 Å². The summed E-state index contributed by atoms with van der Waals surface area (Å²) >= 11 is 1.63. The smallest absolute Gasteiger partial charge is 0.123 e. The number of rotatable bonds is 5. The number of aromatic nitrogens is 3. The second-order valence-electron chi connectivity index (χ2n) is 6.44. The highest BCUT2D eigenvalue weighted by molar-refractivity contribution is 7.09. The SMILES string of the molecule is CCn1nc(CO)c2c1CCN(Cc1nc(-c3ccc(F)cc3)cs1)C2. The molecule has 1 aromatic carbocycles. The van der Waals surface area contributed by atoms with Crippen LogP contribution in [0.1, 0.15) is 28.9 Å². The van der Waals surface area contributed by atoms with Crippen LogP contribution >= 0.6 is 11.3 Å². The van der Waals surface area contributed by atoms with Crippen LogP contribution in [-0.4, -0.2) is 31.3 Å². The maximum atomic E-state index is 13.1. The van der Waals surface area contributed by atoms with Crippen LogP contribution in [0.15, 0.2) is 29.6 Å². The number of aliphatic hydroxyl groups excluding tert-OH is 1. The molecule has 2 aromatic heterocycles.